The van der Waals surface area contributed by atoms with E-state index < -0.39 is 10.0 Å². The zero-order valence-electron chi connectivity index (χ0n) is 15.1. The number of nitrogens with zero attached hydrogens (tertiary/aromatic N) is 3. The van der Waals surface area contributed by atoms with Crippen LogP contribution in [-0.4, -0.2) is 72.0 Å². The van der Waals surface area contributed by atoms with Gasteiger partial charge in [-0.3, -0.25) is 4.79 Å². The van der Waals surface area contributed by atoms with Crippen LogP contribution in [0, 0.1) is 5.92 Å². The van der Waals surface area contributed by atoms with Crippen LogP contribution in [0.15, 0.2) is 36.7 Å². The Bertz CT molecular complexity index is 848. The fourth-order valence-corrected chi connectivity index (χ4v) is 4.05. The number of hydrogen-bond acceptors (Lipinski definition) is 6. The van der Waals surface area contributed by atoms with Gasteiger partial charge in [0.05, 0.1) is 25.0 Å². The summed E-state index contributed by atoms with van der Waals surface area (Å²) in [6.07, 6.45) is 3.54. The van der Waals surface area contributed by atoms with Gasteiger partial charge < -0.3 is 19.5 Å². The van der Waals surface area contributed by atoms with Crippen molar-refractivity contribution in [3.8, 4) is 17.1 Å². The average Bonchev–Trinajstić information content (AvgIpc) is 3.24. The second-order valence-corrected chi connectivity index (χ2v) is 8.46. The molecular formula is C17H23N3O6S. The van der Waals surface area contributed by atoms with Gasteiger partial charge in [-0.1, -0.05) is 0 Å². The smallest absolute Gasteiger partial charge is 0.290 e. The first-order chi connectivity index (χ1) is 12.8. The molecule has 9 nitrogen and oxygen atoms in total. The highest BCUT2D eigenvalue weighted by molar-refractivity contribution is 7.89. The number of sulfonamides is 1. The number of benzene rings is 1. The molecule has 0 saturated carbocycles. The van der Waals surface area contributed by atoms with Gasteiger partial charge in [0.1, 0.15) is 11.6 Å². The summed E-state index contributed by atoms with van der Waals surface area (Å²) in [6.45, 7) is 0.611. The molecule has 0 radical (unpaired) electrons. The maximum atomic E-state index is 12.2. The quantitative estimate of drug-likeness (QED) is 0.723. The van der Waals surface area contributed by atoms with Crippen LogP contribution in [0.2, 0.25) is 0 Å². The topological polar surface area (TPSA) is 122 Å². The predicted octanol–water partition coefficient (Wildman–Crippen LogP) is 1.04. The Morgan fingerprint density at radius 3 is 2.52 bits per heavy atom. The van der Waals surface area contributed by atoms with Gasteiger partial charge in [0, 0.05) is 38.0 Å². The second-order valence-electron chi connectivity index (χ2n) is 6.24. The Morgan fingerprint density at radius 2 is 1.93 bits per heavy atom. The summed E-state index contributed by atoms with van der Waals surface area (Å²) in [7, 11) is -0.220. The first-order valence-corrected chi connectivity index (χ1v) is 9.79. The van der Waals surface area contributed by atoms with Crippen molar-refractivity contribution in [2.75, 3.05) is 33.1 Å². The molecule has 2 aromatic rings. The molecule has 0 aliphatic carbocycles. The van der Waals surface area contributed by atoms with Crippen LogP contribution in [0.1, 0.15) is 6.04 Å². The van der Waals surface area contributed by atoms with E-state index in [1.807, 2.05) is 10.8 Å². The largest absolute Gasteiger partial charge is 0.508 e. The minimum atomic E-state index is -3.30. The van der Waals surface area contributed by atoms with E-state index in [1.165, 1.54) is 4.31 Å². The van der Waals surface area contributed by atoms with Crippen molar-refractivity contribution in [1.82, 2.24) is 13.9 Å². The maximum absolute atomic E-state index is 12.2. The van der Waals surface area contributed by atoms with E-state index in [0.29, 0.717) is 13.2 Å². The number of rotatable bonds is 5. The molecule has 0 spiro atoms. The average molecular weight is 397 g/mol. The molecule has 1 aromatic carbocycles. The Morgan fingerprint density at radius 1 is 1.30 bits per heavy atom. The monoisotopic (exact) mass is 397 g/mol. The molecule has 1 aliphatic heterocycles. The van der Waals surface area contributed by atoms with Crippen LogP contribution in [0.4, 0.5) is 0 Å². The van der Waals surface area contributed by atoms with Gasteiger partial charge in [-0.2, -0.15) is 0 Å². The normalized spacial score (nSPS) is 19.5. The third-order valence-electron chi connectivity index (χ3n) is 4.30. The minimum Gasteiger partial charge on any atom is -0.508 e. The number of carboxylic acid groups (broad SMARTS) is 1. The van der Waals surface area contributed by atoms with Crippen molar-refractivity contribution >= 4 is 16.5 Å². The van der Waals surface area contributed by atoms with Gasteiger partial charge >= 0.3 is 0 Å². The Labute approximate surface area is 157 Å². The van der Waals surface area contributed by atoms with Gasteiger partial charge in [-0.25, -0.2) is 17.7 Å². The van der Waals surface area contributed by atoms with Gasteiger partial charge in [-0.15, -0.1) is 0 Å². The highest BCUT2D eigenvalue weighted by atomic mass is 32.2. The number of imidazole rings is 1. The molecule has 2 N–H and O–H groups in total. The fourth-order valence-electron chi connectivity index (χ4n) is 2.89. The third-order valence-corrected chi connectivity index (χ3v) is 6.26. The van der Waals surface area contributed by atoms with Crippen molar-refractivity contribution in [2.45, 2.75) is 6.04 Å². The molecule has 2 heterocycles. The summed E-state index contributed by atoms with van der Waals surface area (Å²) in [5.74, 6) is 0.828. The number of aromatic nitrogens is 2. The highest BCUT2D eigenvalue weighted by Gasteiger charge is 2.35. The molecule has 0 bridgehead atoms. The summed E-state index contributed by atoms with van der Waals surface area (Å²) < 4.78 is 33.2. The molecule has 1 aliphatic rings. The molecule has 0 amide bonds. The maximum Gasteiger partial charge on any atom is 0.290 e. The van der Waals surface area contributed by atoms with Gasteiger partial charge in [0.15, 0.2) is 0 Å². The number of ether oxygens (including phenoxy) is 1. The van der Waals surface area contributed by atoms with Crippen molar-refractivity contribution < 1.29 is 28.2 Å². The second kappa shape index (κ2) is 8.98. The summed E-state index contributed by atoms with van der Waals surface area (Å²) in [6, 6.07) is 6.69. The van der Waals surface area contributed by atoms with Gasteiger partial charge in [0.2, 0.25) is 10.0 Å². The first-order valence-electron chi connectivity index (χ1n) is 8.18. The van der Waals surface area contributed by atoms with E-state index in [-0.39, 0.29) is 29.9 Å². The lowest BCUT2D eigenvalue weighted by atomic mass is 10.1. The van der Waals surface area contributed by atoms with Crippen LogP contribution < -0.4 is 0 Å². The van der Waals surface area contributed by atoms with Crippen LogP contribution in [0.5, 0.6) is 5.75 Å². The summed E-state index contributed by atoms with van der Waals surface area (Å²) in [5, 5.41) is 16.3. The van der Waals surface area contributed by atoms with Crippen molar-refractivity contribution in [1.29, 1.82) is 0 Å². The number of phenolic OH excluding ortho intramolecular Hbond substituents is 1. The summed E-state index contributed by atoms with van der Waals surface area (Å²) in [4.78, 5) is 12.8. The summed E-state index contributed by atoms with van der Waals surface area (Å²) in [5.41, 5.74) is 0.860. The molecule has 148 valence electrons. The van der Waals surface area contributed by atoms with Crippen LogP contribution in [-0.2, 0) is 19.6 Å². The van der Waals surface area contributed by atoms with Crippen LogP contribution in [0.3, 0.4) is 0 Å². The van der Waals surface area contributed by atoms with Crippen molar-refractivity contribution in [3.63, 3.8) is 0 Å². The molecular weight excluding hydrogens is 374 g/mol. The zero-order chi connectivity index (χ0) is 20.0. The Hall–Kier alpha value is -2.43. The van der Waals surface area contributed by atoms with Crippen molar-refractivity contribution in [2.24, 2.45) is 5.92 Å². The number of phenols is 1. The van der Waals surface area contributed by atoms with Crippen molar-refractivity contribution in [3.05, 3.63) is 36.7 Å². The number of hydrogen-bond donors (Lipinski definition) is 2. The molecule has 0 unspecified atom stereocenters. The number of aromatic hydroxyl groups is 1. The molecule has 1 aromatic heterocycles. The molecule has 2 atom stereocenters. The molecule has 27 heavy (non-hydrogen) atoms. The van der Waals surface area contributed by atoms with E-state index in [9.17, 15) is 13.5 Å². The van der Waals surface area contributed by atoms with Crippen LogP contribution >= 0.6 is 0 Å². The van der Waals surface area contributed by atoms with E-state index in [2.05, 4.69) is 4.98 Å². The fraction of sp³-hybridized carbons (Fsp3) is 0.412. The minimum absolute atomic E-state index is 0.0395. The lowest BCUT2D eigenvalue weighted by Crippen LogP contribution is -2.32. The Balaban J connectivity index is 0.000000817. The SMILES string of the molecule is CN(C)S(=O)(=O)C[C@H]1COC[C@H]1n1ccnc1-c1ccc(O)cc1.O=CO. The molecule has 10 heteroatoms. The first kappa shape index (κ1) is 20.9. The molecule has 1 fully saturated rings. The molecule has 1 saturated heterocycles. The van der Waals surface area contributed by atoms with E-state index in [4.69, 9.17) is 14.6 Å². The number of carbonyl (C=O) groups is 1. The predicted molar refractivity (Wildman–Crippen MR) is 98.8 cm³/mol. The van der Waals surface area contributed by atoms with Crippen LogP contribution in [0.25, 0.3) is 11.4 Å². The highest BCUT2D eigenvalue weighted by Crippen LogP contribution is 2.32. The van der Waals surface area contributed by atoms with E-state index >= 15 is 0 Å². The third kappa shape index (κ3) is 5.06. The zero-order valence-corrected chi connectivity index (χ0v) is 15.9. The van der Waals surface area contributed by atoms with E-state index in [1.54, 1.807) is 44.6 Å². The van der Waals surface area contributed by atoms with Gasteiger partial charge in [0.25, 0.3) is 6.47 Å². The standard InChI is InChI=1S/C16H21N3O4S.CH2O2/c1-18(2)24(21,22)11-13-9-23-10-15(13)19-8-7-17-16(19)12-3-5-14(20)6-4-12;2-1-3/h3-8,13,15,20H,9-11H2,1-2H3;1H,(H,2,3)/t13-,15-;/m1./s1. The van der Waals surface area contributed by atoms with Gasteiger partial charge in [-0.05, 0) is 24.3 Å². The Kier molecular flexibility index (Phi) is 6.94. The van der Waals surface area contributed by atoms with E-state index in [0.717, 1.165) is 11.4 Å². The lowest BCUT2D eigenvalue weighted by Gasteiger charge is -2.22. The lowest BCUT2D eigenvalue weighted by molar-refractivity contribution is -0.122. The summed E-state index contributed by atoms with van der Waals surface area (Å²) >= 11 is 0. The molecule has 3 rings (SSSR count).